The van der Waals surface area contributed by atoms with Crippen molar-refractivity contribution in [1.82, 2.24) is 0 Å². The van der Waals surface area contributed by atoms with Gasteiger partial charge in [-0.05, 0) is 110 Å². The summed E-state index contributed by atoms with van der Waals surface area (Å²) in [6, 6.07) is 0. The molecule has 4 aliphatic carbocycles. The molecular weight excluding hydrogens is 392 g/mol. The minimum Gasteiger partial charge on any atom is -0.393 e. The van der Waals surface area contributed by atoms with Crippen molar-refractivity contribution >= 4 is 0 Å². The Hall–Kier alpha value is -0.340. The summed E-state index contributed by atoms with van der Waals surface area (Å²) in [5.41, 5.74) is 1.96. The first-order valence-corrected chi connectivity index (χ1v) is 14.1. The molecule has 2 nitrogen and oxygen atoms in total. The van der Waals surface area contributed by atoms with E-state index in [1.807, 2.05) is 0 Å². The Kier molecular flexibility index (Phi) is 6.99. The van der Waals surface area contributed by atoms with Crippen LogP contribution in [0.2, 0.25) is 0 Å². The monoisotopic (exact) mass is 444 g/mol. The van der Waals surface area contributed by atoms with Crippen molar-refractivity contribution in [3.8, 4) is 0 Å². The second-order valence-corrected chi connectivity index (χ2v) is 13.7. The number of aliphatic hydroxyl groups excluding tert-OH is 2. The average molecular weight is 445 g/mol. The minimum atomic E-state index is -0.307. The molecule has 0 radical (unpaired) electrons. The molecule has 2 heteroatoms. The predicted octanol–water partition coefficient (Wildman–Crippen LogP) is 7.24. The van der Waals surface area contributed by atoms with E-state index in [1.54, 1.807) is 0 Å². The summed E-state index contributed by atoms with van der Waals surface area (Å²) in [5.74, 6) is 5.67. The first-order chi connectivity index (χ1) is 15.0. The molecule has 0 aromatic carbocycles. The fraction of sp³-hybridized carbons (Fsp3) is 0.933. The van der Waals surface area contributed by atoms with Gasteiger partial charge in [0.2, 0.25) is 0 Å². The summed E-state index contributed by atoms with van der Waals surface area (Å²) in [4.78, 5) is 0. The molecule has 32 heavy (non-hydrogen) atoms. The van der Waals surface area contributed by atoms with Crippen LogP contribution in [-0.4, -0.2) is 22.4 Å². The summed E-state index contributed by atoms with van der Waals surface area (Å²) in [7, 11) is 0. The van der Waals surface area contributed by atoms with Gasteiger partial charge in [0.05, 0.1) is 12.2 Å². The standard InChI is InChI=1S/C30H52O2/c1-18(2)23(19(3)4)9-8-20(5)24-10-11-25-28-26(13-15-30(24,25)7)29(6)14-12-22(31)16-21(29)17-27(28)32/h17-20,22-28,31-32H,8-16H2,1-7H3. The number of aliphatic hydroxyl groups is 2. The van der Waals surface area contributed by atoms with Crippen LogP contribution in [0.3, 0.4) is 0 Å². The summed E-state index contributed by atoms with van der Waals surface area (Å²) in [6.07, 6.45) is 12.5. The van der Waals surface area contributed by atoms with Gasteiger partial charge >= 0.3 is 0 Å². The Labute approximate surface area is 198 Å². The molecule has 0 aromatic rings. The molecule has 9 atom stereocenters. The van der Waals surface area contributed by atoms with Crippen LogP contribution in [0, 0.1) is 58.2 Å². The summed E-state index contributed by atoms with van der Waals surface area (Å²) in [5, 5.41) is 21.6. The van der Waals surface area contributed by atoms with Gasteiger partial charge in [-0.2, -0.15) is 0 Å². The van der Waals surface area contributed by atoms with Crippen LogP contribution in [0.5, 0.6) is 0 Å². The number of fused-ring (bicyclic) bond motifs is 5. The Balaban J connectivity index is 1.51. The van der Waals surface area contributed by atoms with Crippen molar-refractivity contribution in [3.05, 3.63) is 11.6 Å². The van der Waals surface area contributed by atoms with Crippen LogP contribution < -0.4 is 0 Å². The second-order valence-electron chi connectivity index (χ2n) is 13.7. The molecule has 0 aliphatic heterocycles. The summed E-state index contributed by atoms with van der Waals surface area (Å²) < 4.78 is 0. The van der Waals surface area contributed by atoms with Crippen molar-refractivity contribution in [3.63, 3.8) is 0 Å². The topological polar surface area (TPSA) is 40.5 Å². The SMILES string of the molecule is CC(C)C(CCC(C)C1CCC2C3C(O)C=C4CC(O)CCC4(C)C3CCC12C)C(C)C. The molecule has 2 N–H and O–H groups in total. The van der Waals surface area contributed by atoms with Crippen LogP contribution in [0.15, 0.2) is 11.6 Å². The lowest BCUT2D eigenvalue weighted by Crippen LogP contribution is -2.55. The Morgan fingerprint density at radius 3 is 2.22 bits per heavy atom. The molecule has 3 fully saturated rings. The predicted molar refractivity (Wildman–Crippen MR) is 134 cm³/mol. The van der Waals surface area contributed by atoms with Gasteiger partial charge in [-0.1, -0.05) is 66.5 Å². The van der Waals surface area contributed by atoms with E-state index in [1.165, 1.54) is 44.1 Å². The Bertz CT molecular complexity index is 687. The lowest BCUT2D eigenvalue weighted by Gasteiger charge is -2.59. The highest BCUT2D eigenvalue weighted by Crippen LogP contribution is 2.67. The minimum absolute atomic E-state index is 0.204. The normalized spacial score (nSPS) is 44.9. The molecule has 0 aromatic heterocycles. The van der Waals surface area contributed by atoms with Gasteiger partial charge in [-0.15, -0.1) is 0 Å². The Morgan fingerprint density at radius 1 is 0.875 bits per heavy atom. The van der Waals surface area contributed by atoms with Crippen LogP contribution in [0.4, 0.5) is 0 Å². The zero-order chi connectivity index (χ0) is 23.4. The maximum absolute atomic E-state index is 11.4. The van der Waals surface area contributed by atoms with E-state index in [2.05, 4.69) is 54.5 Å². The van der Waals surface area contributed by atoms with Crippen LogP contribution >= 0.6 is 0 Å². The van der Waals surface area contributed by atoms with Gasteiger partial charge in [0, 0.05) is 0 Å². The highest BCUT2D eigenvalue weighted by Gasteiger charge is 2.61. The molecule has 0 bridgehead atoms. The zero-order valence-corrected chi connectivity index (χ0v) is 22.1. The number of hydrogen-bond acceptors (Lipinski definition) is 2. The van der Waals surface area contributed by atoms with Crippen molar-refractivity contribution < 1.29 is 10.2 Å². The molecule has 4 aliphatic rings. The zero-order valence-electron chi connectivity index (χ0n) is 22.1. The van der Waals surface area contributed by atoms with Gasteiger partial charge in [-0.3, -0.25) is 0 Å². The summed E-state index contributed by atoms with van der Waals surface area (Å²) in [6.45, 7) is 17.2. The van der Waals surface area contributed by atoms with Crippen LogP contribution in [0.25, 0.3) is 0 Å². The van der Waals surface area contributed by atoms with E-state index >= 15 is 0 Å². The molecular formula is C30H52O2. The van der Waals surface area contributed by atoms with Crippen molar-refractivity contribution in [2.75, 3.05) is 0 Å². The van der Waals surface area contributed by atoms with Gasteiger partial charge in [0.15, 0.2) is 0 Å². The first-order valence-electron chi connectivity index (χ1n) is 14.1. The second kappa shape index (κ2) is 9.03. The van der Waals surface area contributed by atoms with Gasteiger partial charge < -0.3 is 10.2 Å². The Morgan fingerprint density at radius 2 is 1.56 bits per heavy atom. The quantitative estimate of drug-likeness (QED) is 0.424. The third-order valence-corrected chi connectivity index (χ3v) is 11.5. The fourth-order valence-corrected chi connectivity index (χ4v) is 9.70. The van der Waals surface area contributed by atoms with Crippen molar-refractivity contribution in [2.45, 2.75) is 118 Å². The van der Waals surface area contributed by atoms with Gasteiger partial charge in [-0.25, -0.2) is 0 Å². The van der Waals surface area contributed by atoms with E-state index in [4.69, 9.17) is 0 Å². The van der Waals surface area contributed by atoms with E-state index < -0.39 is 0 Å². The highest BCUT2D eigenvalue weighted by atomic mass is 16.3. The maximum Gasteiger partial charge on any atom is 0.0757 e. The van der Waals surface area contributed by atoms with Crippen LogP contribution in [-0.2, 0) is 0 Å². The van der Waals surface area contributed by atoms with E-state index in [-0.39, 0.29) is 17.6 Å². The molecule has 0 heterocycles. The van der Waals surface area contributed by atoms with E-state index in [0.717, 1.165) is 48.9 Å². The van der Waals surface area contributed by atoms with Gasteiger partial charge in [0.1, 0.15) is 0 Å². The van der Waals surface area contributed by atoms with Crippen molar-refractivity contribution in [1.29, 1.82) is 0 Å². The number of hydrogen-bond donors (Lipinski definition) is 2. The lowest BCUT2D eigenvalue weighted by molar-refractivity contribution is -0.0972. The number of rotatable bonds is 6. The average Bonchev–Trinajstić information content (AvgIpc) is 3.06. The molecule has 0 saturated heterocycles. The maximum atomic E-state index is 11.4. The molecule has 9 unspecified atom stereocenters. The van der Waals surface area contributed by atoms with Crippen molar-refractivity contribution in [2.24, 2.45) is 58.2 Å². The fourth-order valence-electron chi connectivity index (χ4n) is 9.70. The molecule has 4 rings (SSSR count). The highest BCUT2D eigenvalue weighted by molar-refractivity contribution is 5.27. The first kappa shape index (κ1) is 24.8. The molecule has 0 amide bonds. The largest absolute Gasteiger partial charge is 0.393 e. The molecule has 184 valence electrons. The molecule has 3 saturated carbocycles. The van der Waals surface area contributed by atoms with E-state index in [0.29, 0.717) is 23.2 Å². The third kappa shape index (κ3) is 4.04. The van der Waals surface area contributed by atoms with E-state index in [9.17, 15) is 10.2 Å². The third-order valence-electron chi connectivity index (χ3n) is 11.5. The van der Waals surface area contributed by atoms with Gasteiger partial charge in [0.25, 0.3) is 0 Å². The smallest absolute Gasteiger partial charge is 0.0757 e. The lowest BCUT2D eigenvalue weighted by atomic mass is 9.46. The molecule has 0 spiro atoms. The summed E-state index contributed by atoms with van der Waals surface area (Å²) >= 11 is 0. The van der Waals surface area contributed by atoms with Crippen LogP contribution in [0.1, 0.15) is 106 Å².